The number of hydrogen-bond donors (Lipinski definition) is 1. The van der Waals surface area contributed by atoms with Crippen LogP contribution in [0.1, 0.15) is 26.7 Å². The van der Waals surface area contributed by atoms with E-state index in [-0.39, 0.29) is 0 Å². The topological polar surface area (TPSA) is 35.2 Å². The molecule has 62 valence electrons. The van der Waals surface area contributed by atoms with Crippen molar-refractivity contribution in [2.75, 3.05) is 19.8 Å². The van der Waals surface area contributed by atoms with Gasteiger partial charge >= 0.3 is 0 Å². The Bertz CT molecular complexity index is 66.3. The summed E-state index contributed by atoms with van der Waals surface area (Å²) in [6.45, 7) is 6.71. The molecule has 0 rings (SSSR count). The van der Waals surface area contributed by atoms with Crippen molar-refractivity contribution in [3.63, 3.8) is 0 Å². The maximum absolute atomic E-state index is 5.45. The summed E-state index contributed by atoms with van der Waals surface area (Å²) < 4.78 is 5.19. The van der Waals surface area contributed by atoms with Gasteiger partial charge in [0, 0.05) is 13.2 Å². The van der Waals surface area contributed by atoms with Gasteiger partial charge in [-0.05, 0) is 32.2 Å². The Kier molecular flexibility index (Phi) is 6.98. The van der Waals surface area contributed by atoms with E-state index in [2.05, 4.69) is 6.92 Å². The summed E-state index contributed by atoms with van der Waals surface area (Å²) in [5.74, 6) is 0.653. The van der Waals surface area contributed by atoms with Gasteiger partial charge in [0.2, 0.25) is 0 Å². The van der Waals surface area contributed by atoms with E-state index < -0.39 is 0 Å². The molecule has 2 nitrogen and oxygen atoms in total. The Balaban J connectivity index is 2.89. The molecule has 0 fully saturated rings. The molecule has 0 spiro atoms. The molecule has 0 aliphatic rings. The van der Waals surface area contributed by atoms with E-state index in [0.29, 0.717) is 5.92 Å². The Labute approximate surface area is 63.7 Å². The Morgan fingerprint density at radius 3 is 2.70 bits per heavy atom. The molecule has 0 radical (unpaired) electrons. The first-order chi connectivity index (χ1) is 4.81. The standard InChI is InChI=1S/C8H19NO/c1-3-10-6-4-5-8(2)7-9/h8H,3-7,9H2,1-2H3. The first-order valence-electron chi connectivity index (χ1n) is 4.09. The van der Waals surface area contributed by atoms with E-state index in [1.54, 1.807) is 0 Å². The van der Waals surface area contributed by atoms with Crippen LogP contribution in [0.5, 0.6) is 0 Å². The van der Waals surface area contributed by atoms with Gasteiger partial charge in [0.1, 0.15) is 0 Å². The van der Waals surface area contributed by atoms with Crippen molar-refractivity contribution in [2.24, 2.45) is 11.7 Å². The maximum Gasteiger partial charge on any atom is 0.0466 e. The van der Waals surface area contributed by atoms with Crippen LogP contribution in [-0.2, 0) is 4.74 Å². The van der Waals surface area contributed by atoms with Crippen molar-refractivity contribution in [2.45, 2.75) is 26.7 Å². The van der Waals surface area contributed by atoms with Gasteiger partial charge in [-0.2, -0.15) is 0 Å². The van der Waals surface area contributed by atoms with Gasteiger partial charge in [0.25, 0.3) is 0 Å². The first kappa shape index (κ1) is 9.92. The molecular formula is C8H19NO. The van der Waals surface area contributed by atoms with Gasteiger partial charge in [-0.15, -0.1) is 0 Å². The Morgan fingerprint density at radius 2 is 2.20 bits per heavy atom. The maximum atomic E-state index is 5.45. The summed E-state index contributed by atoms with van der Waals surface area (Å²) in [6.07, 6.45) is 2.34. The smallest absolute Gasteiger partial charge is 0.0466 e. The summed E-state index contributed by atoms with van der Waals surface area (Å²) in [5, 5.41) is 0. The number of nitrogens with two attached hydrogens (primary N) is 1. The quantitative estimate of drug-likeness (QED) is 0.573. The molecule has 0 saturated heterocycles. The molecule has 2 heteroatoms. The van der Waals surface area contributed by atoms with Crippen LogP contribution >= 0.6 is 0 Å². The predicted molar refractivity (Wildman–Crippen MR) is 43.9 cm³/mol. The van der Waals surface area contributed by atoms with Crippen molar-refractivity contribution < 1.29 is 4.74 Å². The highest BCUT2D eigenvalue weighted by molar-refractivity contribution is 4.51. The van der Waals surface area contributed by atoms with Gasteiger partial charge in [0.05, 0.1) is 0 Å². The van der Waals surface area contributed by atoms with Crippen LogP contribution in [0.15, 0.2) is 0 Å². The van der Waals surface area contributed by atoms with Crippen molar-refractivity contribution in [3.8, 4) is 0 Å². The molecule has 0 heterocycles. The van der Waals surface area contributed by atoms with Crippen LogP contribution in [0.3, 0.4) is 0 Å². The van der Waals surface area contributed by atoms with Crippen molar-refractivity contribution in [1.29, 1.82) is 0 Å². The number of rotatable bonds is 6. The lowest BCUT2D eigenvalue weighted by Gasteiger charge is -2.06. The second-order valence-electron chi connectivity index (χ2n) is 2.68. The fraction of sp³-hybridized carbons (Fsp3) is 1.00. The normalized spacial score (nSPS) is 13.5. The van der Waals surface area contributed by atoms with Crippen LogP contribution < -0.4 is 5.73 Å². The van der Waals surface area contributed by atoms with Gasteiger partial charge in [0.15, 0.2) is 0 Å². The van der Waals surface area contributed by atoms with Crippen LogP contribution in [0.4, 0.5) is 0 Å². The molecule has 0 bridgehead atoms. The first-order valence-corrected chi connectivity index (χ1v) is 4.09. The molecule has 0 saturated carbocycles. The molecular weight excluding hydrogens is 126 g/mol. The fourth-order valence-corrected chi connectivity index (χ4v) is 0.796. The predicted octanol–water partition coefficient (Wildman–Crippen LogP) is 1.40. The van der Waals surface area contributed by atoms with Gasteiger partial charge in [-0.1, -0.05) is 6.92 Å². The highest BCUT2D eigenvalue weighted by Crippen LogP contribution is 2.02. The molecule has 0 aliphatic heterocycles. The summed E-state index contributed by atoms with van der Waals surface area (Å²) in [4.78, 5) is 0. The third-order valence-corrected chi connectivity index (χ3v) is 1.59. The Morgan fingerprint density at radius 1 is 1.50 bits per heavy atom. The van der Waals surface area contributed by atoms with Crippen molar-refractivity contribution >= 4 is 0 Å². The minimum atomic E-state index is 0.653. The van der Waals surface area contributed by atoms with Gasteiger partial charge in [-0.3, -0.25) is 0 Å². The largest absolute Gasteiger partial charge is 0.382 e. The highest BCUT2D eigenvalue weighted by atomic mass is 16.5. The molecule has 2 N–H and O–H groups in total. The summed E-state index contributed by atoms with van der Waals surface area (Å²) >= 11 is 0. The molecule has 10 heavy (non-hydrogen) atoms. The number of ether oxygens (including phenoxy) is 1. The highest BCUT2D eigenvalue weighted by Gasteiger charge is 1.96. The van der Waals surface area contributed by atoms with E-state index in [4.69, 9.17) is 10.5 Å². The molecule has 1 unspecified atom stereocenters. The van der Waals surface area contributed by atoms with E-state index in [9.17, 15) is 0 Å². The molecule has 0 aromatic heterocycles. The third-order valence-electron chi connectivity index (χ3n) is 1.59. The Hall–Kier alpha value is -0.0800. The number of hydrogen-bond acceptors (Lipinski definition) is 2. The van der Waals surface area contributed by atoms with Crippen molar-refractivity contribution in [1.82, 2.24) is 0 Å². The fourth-order valence-electron chi connectivity index (χ4n) is 0.796. The zero-order valence-corrected chi connectivity index (χ0v) is 7.10. The summed E-state index contributed by atoms with van der Waals surface area (Å²) in [7, 11) is 0. The average Bonchev–Trinajstić information content (AvgIpc) is 1.98. The van der Waals surface area contributed by atoms with E-state index >= 15 is 0 Å². The van der Waals surface area contributed by atoms with Gasteiger partial charge < -0.3 is 10.5 Å². The monoisotopic (exact) mass is 145 g/mol. The second-order valence-corrected chi connectivity index (χ2v) is 2.68. The molecule has 0 aliphatic carbocycles. The minimum absolute atomic E-state index is 0.653. The SMILES string of the molecule is CCOCCCC(C)CN. The van der Waals surface area contributed by atoms with Crippen LogP contribution in [0.25, 0.3) is 0 Å². The summed E-state index contributed by atoms with van der Waals surface area (Å²) in [5.41, 5.74) is 5.45. The van der Waals surface area contributed by atoms with Crippen LogP contribution in [-0.4, -0.2) is 19.8 Å². The second kappa shape index (κ2) is 7.03. The lowest BCUT2D eigenvalue weighted by Crippen LogP contribution is -2.11. The zero-order chi connectivity index (χ0) is 7.82. The molecule has 0 aromatic rings. The zero-order valence-electron chi connectivity index (χ0n) is 7.10. The van der Waals surface area contributed by atoms with E-state index in [0.717, 1.165) is 26.2 Å². The van der Waals surface area contributed by atoms with E-state index in [1.165, 1.54) is 6.42 Å². The lowest BCUT2D eigenvalue weighted by atomic mass is 10.1. The summed E-state index contributed by atoms with van der Waals surface area (Å²) in [6, 6.07) is 0. The van der Waals surface area contributed by atoms with E-state index in [1.807, 2.05) is 6.92 Å². The van der Waals surface area contributed by atoms with Crippen LogP contribution in [0, 0.1) is 5.92 Å². The minimum Gasteiger partial charge on any atom is -0.382 e. The van der Waals surface area contributed by atoms with Gasteiger partial charge in [-0.25, -0.2) is 0 Å². The average molecular weight is 145 g/mol. The third kappa shape index (κ3) is 6.05. The molecule has 1 atom stereocenters. The lowest BCUT2D eigenvalue weighted by molar-refractivity contribution is 0.140. The van der Waals surface area contributed by atoms with Crippen molar-refractivity contribution in [3.05, 3.63) is 0 Å². The molecule has 0 aromatic carbocycles. The molecule has 0 amide bonds. The van der Waals surface area contributed by atoms with Crippen LogP contribution in [0.2, 0.25) is 0 Å².